The van der Waals surface area contributed by atoms with Crippen molar-refractivity contribution < 1.29 is 0 Å². The number of anilines is 1. The summed E-state index contributed by atoms with van der Waals surface area (Å²) in [5.41, 5.74) is 2.76. The molecule has 1 atom stereocenters. The third-order valence-corrected chi connectivity index (χ3v) is 4.08. The molecule has 0 amide bonds. The van der Waals surface area contributed by atoms with E-state index in [9.17, 15) is 0 Å². The first kappa shape index (κ1) is 13.9. The van der Waals surface area contributed by atoms with Crippen molar-refractivity contribution in [3.8, 4) is 6.07 Å². The van der Waals surface area contributed by atoms with Gasteiger partial charge in [-0.05, 0) is 58.7 Å². The molecular formula is C15H12BrClN2. The highest BCUT2D eigenvalue weighted by atomic mass is 79.9. The first-order valence-corrected chi connectivity index (χ1v) is 6.99. The third-order valence-electron chi connectivity index (χ3n) is 2.84. The molecular weight excluding hydrogens is 324 g/mol. The van der Waals surface area contributed by atoms with Gasteiger partial charge in [0.25, 0.3) is 0 Å². The van der Waals surface area contributed by atoms with Crippen LogP contribution in [0.4, 0.5) is 5.69 Å². The van der Waals surface area contributed by atoms with E-state index in [1.165, 1.54) is 0 Å². The van der Waals surface area contributed by atoms with Gasteiger partial charge in [-0.15, -0.1) is 0 Å². The SMILES string of the molecule is CC(Nc1ccc(Br)c(Cl)c1)c1ccc(C#N)cc1. The largest absolute Gasteiger partial charge is 0.378 e. The molecule has 0 aliphatic carbocycles. The minimum absolute atomic E-state index is 0.144. The molecule has 0 bridgehead atoms. The van der Waals surface area contributed by atoms with Gasteiger partial charge in [-0.25, -0.2) is 0 Å². The van der Waals surface area contributed by atoms with Gasteiger partial charge < -0.3 is 5.32 Å². The van der Waals surface area contributed by atoms with Crippen molar-refractivity contribution in [1.29, 1.82) is 5.26 Å². The van der Waals surface area contributed by atoms with Gasteiger partial charge in [-0.1, -0.05) is 23.7 Å². The fourth-order valence-electron chi connectivity index (χ4n) is 1.77. The molecule has 2 rings (SSSR count). The maximum Gasteiger partial charge on any atom is 0.0991 e. The fourth-order valence-corrected chi connectivity index (χ4v) is 2.19. The summed E-state index contributed by atoms with van der Waals surface area (Å²) in [6.45, 7) is 2.07. The van der Waals surface area contributed by atoms with E-state index in [-0.39, 0.29) is 6.04 Å². The molecule has 0 aliphatic rings. The number of hydrogen-bond acceptors (Lipinski definition) is 2. The monoisotopic (exact) mass is 334 g/mol. The lowest BCUT2D eigenvalue weighted by Crippen LogP contribution is -2.06. The number of rotatable bonds is 3. The number of hydrogen-bond donors (Lipinski definition) is 1. The van der Waals surface area contributed by atoms with Crippen molar-refractivity contribution in [2.45, 2.75) is 13.0 Å². The summed E-state index contributed by atoms with van der Waals surface area (Å²) < 4.78 is 0.880. The molecule has 0 saturated carbocycles. The van der Waals surface area contributed by atoms with Gasteiger partial charge in [-0.2, -0.15) is 5.26 Å². The van der Waals surface area contributed by atoms with E-state index in [0.717, 1.165) is 15.7 Å². The second-order valence-electron chi connectivity index (χ2n) is 4.23. The highest BCUT2D eigenvalue weighted by Crippen LogP contribution is 2.27. The molecule has 2 aromatic rings. The standard InChI is InChI=1S/C15H12BrClN2/c1-10(12-4-2-11(9-18)3-5-12)19-13-6-7-14(16)15(17)8-13/h2-8,10,19H,1H3. The van der Waals surface area contributed by atoms with Gasteiger partial charge in [0.1, 0.15) is 0 Å². The molecule has 2 aromatic carbocycles. The lowest BCUT2D eigenvalue weighted by atomic mass is 10.1. The van der Waals surface area contributed by atoms with Crippen molar-refractivity contribution in [3.05, 3.63) is 63.1 Å². The molecule has 1 N–H and O–H groups in total. The number of nitrogens with zero attached hydrogens (tertiary/aromatic N) is 1. The topological polar surface area (TPSA) is 35.8 Å². The molecule has 0 aromatic heterocycles. The minimum Gasteiger partial charge on any atom is -0.378 e. The maximum absolute atomic E-state index is 8.77. The van der Waals surface area contributed by atoms with E-state index in [1.54, 1.807) is 0 Å². The Morgan fingerprint density at radius 2 is 1.89 bits per heavy atom. The zero-order valence-corrected chi connectivity index (χ0v) is 12.7. The van der Waals surface area contributed by atoms with Crippen molar-refractivity contribution >= 4 is 33.2 Å². The van der Waals surface area contributed by atoms with Crippen molar-refractivity contribution in [1.82, 2.24) is 0 Å². The van der Waals surface area contributed by atoms with Crippen LogP contribution in [0.3, 0.4) is 0 Å². The molecule has 96 valence electrons. The molecule has 0 spiro atoms. The zero-order valence-electron chi connectivity index (χ0n) is 10.3. The van der Waals surface area contributed by atoms with Crippen LogP contribution in [0.25, 0.3) is 0 Å². The Morgan fingerprint density at radius 3 is 2.47 bits per heavy atom. The Kier molecular flexibility index (Phi) is 4.47. The van der Waals surface area contributed by atoms with E-state index in [4.69, 9.17) is 16.9 Å². The number of nitriles is 1. The molecule has 0 saturated heterocycles. The highest BCUT2D eigenvalue weighted by Gasteiger charge is 2.06. The molecule has 1 unspecified atom stereocenters. The van der Waals surface area contributed by atoms with Gasteiger partial charge in [0.15, 0.2) is 0 Å². The summed E-state index contributed by atoms with van der Waals surface area (Å²) in [6.07, 6.45) is 0. The smallest absolute Gasteiger partial charge is 0.0991 e. The minimum atomic E-state index is 0.144. The van der Waals surface area contributed by atoms with Crippen LogP contribution < -0.4 is 5.32 Å². The molecule has 0 radical (unpaired) electrons. The molecule has 4 heteroatoms. The molecule has 2 nitrogen and oxygen atoms in total. The Bertz CT molecular complexity index is 617. The second kappa shape index (κ2) is 6.10. The summed E-state index contributed by atoms with van der Waals surface area (Å²) in [5.74, 6) is 0. The van der Waals surface area contributed by atoms with Gasteiger partial charge in [0, 0.05) is 16.2 Å². The van der Waals surface area contributed by atoms with Gasteiger partial charge in [0.2, 0.25) is 0 Å². The normalized spacial score (nSPS) is 11.7. The van der Waals surface area contributed by atoms with Crippen LogP contribution in [-0.2, 0) is 0 Å². The predicted molar refractivity (Wildman–Crippen MR) is 82.3 cm³/mol. The van der Waals surface area contributed by atoms with E-state index in [0.29, 0.717) is 10.6 Å². The van der Waals surface area contributed by atoms with Crippen LogP contribution in [0.1, 0.15) is 24.1 Å². The summed E-state index contributed by atoms with van der Waals surface area (Å²) in [6, 6.07) is 15.6. The Hall–Kier alpha value is -1.50. The van der Waals surface area contributed by atoms with E-state index < -0.39 is 0 Å². The first-order valence-electron chi connectivity index (χ1n) is 5.82. The number of nitrogens with one attached hydrogen (secondary N) is 1. The molecule has 0 aliphatic heterocycles. The van der Waals surface area contributed by atoms with Crippen LogP contribution >= 0.6 is 27.5 Å². The second-order valence-corrected chi connectivity index (χ2v) is 5.49. The summed E-state index contributed by atoms with van der Waals surface area (Å²) in [5, 5.41) is 12.8. The van der Waals surface area contributed by atoms with E-state index >= 15 is 0 Å². The highest BCUT2D eigenvalue weighted by molar-refractivity contribution is 9.10. The van der Waals surface area contributed by atoms with E-state index in [2.05, 4.69) is 34.2 Å². The van der Waals surface area contributed by atoms with Crippen LogP contribution in [0, 0.1) is 11.3 Å². The number of benzene rings is 2. The third kappa shape index (κ3) is 3.50. The average Bonchev–Trinajstić information content (AvgIpc) is 2.43. The van der Waals surface area contributed by atoms with E-state index in [1.807, 2.05) is 42.5 Å². The van der Waals surface area contributed by atoms with Crippen molar-refractivity contribution in [2.24, 2.45) is 0 Å². The maximum atomic E-state index is 8.77. The lowest BCUT2D eigenvalue weighted by Gasteiger charge is -2.16. The summed E-state index contributed by atoms with van der Waals surface area (Å²) in [7, 11) is 0. The predicted octanol–water partition coefficient (Wildman–Crippen LogP) is 5.15. The fraction of sp³-hybridized carbons (Fsp3) is 0.133. The molecule has 0 heterocycles. The van der Waals surface area contributed by atoms with Gasteiger partial charge in [-0.3, -0.25) is 0 Å². The van der Waals surface area contributed by atoms with Crippen LogP contribution in [0.2, 0.25) is 5.02 Å². The zero-order chi connectivity index (χ0) is 13.8. The summed E-state index contributed by atoms with van der Waals surface area (Å²) in [4.78, 5) is 0. The summed E-state index contributed by atoms with van der Waals surface area (Å²) >= 11 is 9.43. The van der Waals surface area contributed by atoms with Crippen molar-refractivity contribution in [3.63, 3.8) is 0 Å². The lowest BCUT2D eigenvalue weighted by molar-refractivity contribution is 0.884. The Labute approximate surface area is 126 Å². The van der Waals surface area contributed by atoms with Crippen LogP contribution in [0.15, 0.2) is 46.9 Å². The van der Waals surface area contributed by atoms with Gasteiger partial charge in [0.05, 0.1) is 16.7 Å². The number of halogens is 2. The van der Waals surface area contributed by atoms with Crippen LogP contribution in [0.5, 0.6) is 0 Å². The van der Waals surface area contributed by atoms with Crippen molar-refractivity contribution in [2.75, 3.05) is 5.32 Å². The Morgan fingerprint density at radius 1 is 1.21 bits per heavy atom. The molecule has 0 fully saturated rings. The molecule has 19 heavy (non-hydrogen) atoms. The van der Waals surface area contributed by atoms with Crippen LogP contribution in [-0.4, -0.2) is 0 Å². The average molecular weight is 336 g/mol. The van der Waals surface area contributed by atoms with Gasteiger partial charge >= 0.3 is 0 Å². The Balaban J connectivity index is 2.13. The quantitative estimate of drug-likeness (QED) is 0.842. The first-order chi connectivity index (χ1) is 9.10.